The predicted molar refractivity (Wildman–Crippen MR) is 99.7 cm³/mol. The maximum Gasteiger partial charge on any atom is 0.256 e. The van der Waals surface area contributed by atoms with Crippen LogP contribution in [0.25, 0.3) is 0 Å². The monoisotopic (exact) mass is 437 g/mol. The van der Waals surface area contributed by atoms with E-state index in [9.17, 15) is 14.4 Å². The molecule has 2 aromatic rings. The minimum Gasteiger partial charge on any atom is -0.370 e. The number of amides is 3. The summed E-state index contributed by atoms with van der Waals surface area (Å²) in [6.07, 6.45) is 0.0580. The highest BCUT2D eigenvalue weighted by molar-refractivity contribution is 14.1. The largest absolute Gasteiger partial charge is 0.370 e. The lowest BCUT2D eigenvalue weighted by molar-refractivity contribution is -0.117. The number of nitrogens with two attached hydrogens (primary N) is 1. The molecule has 0 saturated heterocycles. The van der Waals surface area contributed by atoms with Crippen LogP contribution in [0.15, 0.2) is 48.5 Å². The molecule has 0 bridgehead atoms. The van der Waals surface area contributed by atoms with Gasteiger partial charge in [-0.15, -0.1) is 0 Å². The molecule has 0 saturated carbocycles. The van der Waals surface area contributed by atoms with E-state index >= 15 is 0 Å². The Bertz CT molecular complexity index is 777. The number of benzene rings is 2. The molecule has 0 aliphatic rings. The molecule has 4 N–H and O–H groups in total. The van der Waals surface area contributed by atoms with Crippen LogP contribution in [0.2, 0.25) is 0 Å². The molecule has 0 radical (unpaired) electrons. The van der Waals surface area contributed by atoms with Crippen molar-refractivity contribution in [2.45, 2.75) is 6.42 Å². The second kappa shape index (κ2) is 8.44. The van der Waals surface area contributed by atoms with Crippen molar-refractivity contribution in [3.05, 3.63) is 63.2 Å². The van der Waals surface area contributed by atoms with Crippen molar-refractivity contribution in [2.75, 3.05) is 11.9 Å². The van der Waals surface area contributed by atoms with Crippen molar-refractivity contribution in [3.8, 4) is 0 Å². The van der Waals surface area contributed by atoms with Crippen molar-refractivity contribution in [3.63, 3.8) is 0 Å². The zero-order valence-electron chi connectivity index (χ0n) is 12.7. The zero-order valence-corrected chi connectivity index (χ0v) is 14.9. The van der Waals surface area contributed by atoms with E-state index < -0.39 is 5.91 Å². The van der Waals surface area contributed by atoms with Gasteiger partial charge in [-0.3, -0.25) is 14.4 Å². The average Bonchev–Trinajstić information content (AvgIpc) is 2.55. The van der Waals surface area contributed by atoms with Crippen LogP contribution in [0, 0.1) is 3.57 Å². The molecule has 0 unspecified atom stereocenters. The summed E-state index contributed by atoms with van der Waals surface area (Å²) in [7, 11) is 0. The minimum atomic E-state index is -0.490. The average molecular weight is 437 g/mol. The quantitative estimate of drug-likeness (QED) is 0.604. The van der Waals surface area contributed by atoms with Gasteiger partial charge in [-0.2, -0.15) is 0 Å². The lowest BCUT2D eigenvalue weighted by Crippen LogP contribution is -2.29. The fourth-order valence-corrected chi connectivity index (χ4v) is 2.65. The Kier molecular flexibility index (Phi) is 6.30. The van der Waals surface area contributed by atoms with E-state index in [0.717, 1.165) is 3.57 Å². The molecule has 0 fully saturated rings. The standard InChI is InChI=1S/C17H16IN3O3/c18-13-7-3-1-5-11(13)17(24)21-14-8-4-2-6-12(14)16(23)20-10-9-15(19)22/h1-8H,9-10H2,(H2,19,22)(H,20,23)(H,21,24). The number of hydrogen-bond acceptors (Lipinski definition) is 3. The summed E-state index contributed by atoms with van der Waals surface area (Å²) in [6.45, 7) is 0.146. The number of hydrogen-bond donors (Lipinski definition) is 3. The SMILES string of the molecule is NC(=O)CCNC(=O)c1ccccc1NC(=O)c1ccccc1I. The van der Waals surface area contributed by atoms with Gasteiger partial charge in [-0.25, -0.2) is 0 Å². The molecule has 3 amide bonds. The zero-order chi connectivity index (χ0) is 17.5. The molecule has 0 aliphatic carbocycles. The van der Waals surface area contributed by atoms with Crippen LogP contribution in [0.4, 0.5) is 5.69 Å². The summed E-state index contributed by atoms with van der Waals surface area (Å²) in [5.41, 5.74) is 6.30. The topological polar surface area (TPSA) is 101 Å². The maximum absolute atomic E-state index is 12.4. The van der Waals surface area contributed by atoms with Gasteiger partial charge in [-0.1, -0.05) is 24.3 Å². The normalized spacial score (nSPS) is 10.0. The van der Waals surface area contributed by atoms with Gasteiger partial charge >= 0.3 is 0 Å². The Hall–Kier alpha value is -2.42. The van der Waals surface area contributed by atoms with Gasteiger partial charge in [0.25, 0.3) is 11.8 Å². The smallest absolute Gasteiger partial charge is 0.256 e. The van der Waals surface area contributed by atoms with E-state index in [2.05, 4.69) is 33.2 Å². The van der Waals surface area contributed by atoms with Crippen LogP contribution < -0.4 is 16.4 Å². The third-order valence-corrected chi connectivity index (χ3v) is 4.14. The maximum atomic E-state index is 12.4. The van der Waals surface area contributed by atoms with E-state index in [1.807, 2.05) is 12.1 Å². The van der Waals surface area contributed by atoms with Crippen LogP contribution in [0.5, 0.6) is 0 Å². The summed E-state index contributed by atoms with van der Waals surface area (Å²) in [5, 5.41) is 5.35. The van der Waals surface area contributed by atoms with Gasteiger partial charge in [-0.05, 0) is 46.9 Å². The molecular weight excluding hydrogens is 421 g/mol. The summed E-state index contributed by atoms with van der Waals surface area (Å²) in [6, 6.07) is 13.8. The van der Waals surface area contributed by atoms with Crippen LogP contribution in [0.1, 0.15) is 27.1 Å². The summed E-state index contributed by atoms with van der Waals surface area (Å²) >= 11 is 2.08. The lowest BCUT2D eigenvalue weighted by atomic mass is 10.1. The predicted octanol–water partition coefficient (Wildman–Crippen LogP) is 2.15. The van der Waals surface area contributed by atoms with Gasteiger partial charge in [0.2, 0.25) is 5.91 Å². The van der Waals surface area contributed by atoms with Gasteiger partial charge < -0.3 is 16.4 Å². The first-order chi connectivity index (χ1) is 11.5. The highest BCUT2D eigenvalue weighted by Gasteiger charge is 2.15. The Morgan fingerprint density at radius 3 is 2.21 bits per heavy atom. The highest BCUT2D eigenvalue weighted by Crippen LogP contribution is 2.18. The molecule has 7 heteroatoms. The van der Waals surface area contributed by atoms with E-state index in [4.69, 9.17) is 5.73 Å². The summed E-state index contributed by atoms with van der Waals surface area (Å²) < 4.78 is 0.816. The number of carbonyl (C=O) groups is 3. The number of para-hydroxylation sites is 1. The third kappa shape index (κ3) is 4.79. The number of anilines is 1. The Labute approximate surface area is 152 Å². The van der Waals surface area contributed by atoms with Crippen molar-refractivity contribution < 1.29 is 14.4 Å². The summed E-state index contributed by atoms with van der Waals surface area (Å²) in [5.74, 6) is -1.16. The third-order valence-electron chi connectivity index (χ3n) is 3.20. The molecule has 24 heavy (non-hydrogen) atoms. The van der Waals surface area contributed by atoms with Crippen molar-refractivity contribution in [1.82, 2.24) is 5.32 Å². The molecule has 6 nitrogen and oxygen atoms in total. The first kappa shape index (κ1) is 17.9. The Morgan fingerprint density at radius 2 is 1.54 bits per heavy atom. The molecule has 124 valence electrons. The van der Waals surface area contributed by atoms with Crippen LogP contribution in [-0.4, -0.2) is 24.3 Å². The molecule has 2 aromatic carbocycles. The Morgan fingerprint density at radius 1 is 0.917 bits per heavy atom. The fourth-order valence-electron chi connectivity index (χ4n) is 2.02. The molecule has 0 aliphatic heterocycles. The molecule has 0 atom stereocenters. The first-order valence-corrected chi connectivity index (χ1v) is 8.28. The number of rotatable bonds is 6. The first-order valence-electron chi connectivity index (χ1n) is 7.20. The van der Waals surface area contributed by atoms with E-state index in [1.165, 1.54) is 0 Å². The van der Waals surface area contributed by atoms with Gasteiger partial charge in [0.15, 0.2) is 0 Å². The minimum absolute atomic E-state index is 0.0580. The van der Waals surface area contributed by atoms with Crippen molar-refractivity contribution >= 4 is 46.0 Å². The van der Waals surface area contributed by atoms with Gasteiger partial charge in [0.05, 0.1) is 16.8 Å². The number of carbonyl (C=O) groups excluding carboxylic acids is 3. The fraction of sp³-hybridized carbons (Fsp3) is 0.118. The second-order valence-electron chi connectivity index (χ2n) is 4.95. The van der Waals surface area contributed by atoms with Crippen LogP contribution in [-0.2, 0) is 4.79 Å². The van der Waals surface area contributed by atoms with Crippen LogP contribution in [0.3, 0.4) is 0 Å². The van der Waals surface area contributed by atoms with Crippen LogP contribution >= 0.6 is 22.6 Å². The van der Waals surface area contributed by atoms with E-state index in [-0.39, 0.29) is 24.8 Å². The van der Waals surface area contributed by atoms with E-state index in [1.54, 1.807) is 36.4 Å². The highest BCUT2D eigenvalue weighted by atomic mass is 127. The molecular formula is C17H16IN3O3. The lowest BCUT2D eigenvalue weighted by Gasteiger charge is -2.12. The number of halogens is 1. The molecule has 0 spiro atoms. The van der Waals surface area contributed by atoms with E-state index in [0.29, 0.717) is 16.8 Å². The molecule has 0 aromatic heterocycles. The molecule has 0 heterocycles. The van der Waals surface area contributed by atoms with Gasteiger partial charge in [0, 0.05) is 16.5 Å². The Balaban J connectivity index is 2.14. The van der Waals surface area contributed by atoms with Crippen molar-refractivity contribution in [2.24, 2.45) is 5.73 Å². The van der Waals surface area contributed by atoms with Gasteiger partial charge in [0.1, 0.15) is 0 Å². The van der Waals surface area contributed by atoms with Crippen molar-refractivity contribution in [1.29, 1.82) is 0 Å². The number of nitrogens with one attached hydrogen (secondary N) is 2. The second-order valence-corrected chi connectivity index (χ2v) is 6.11. The molecule has 2 rings (SSSR count). The summed E-state index contributed by atoms with van der Waals surface area (Å²) in [4.78, 5) is 35.4. The number of primary amides is 1.